The van der Waals surface area contributed by atoms with E-state index in [1.54, 1.807) is 12.1 Å². The highest BCUT2D eigenvalue weighted by molar-refractivity contribution is 5.99. The molecule has 0 atom stereocenters. The lowest BCUT2D eigenvalue weighted by Gasteiger charge is -2.13. The van der Waals surface area contributed by atoms with Gasteiger partial charge in [0.15, 0.2) is 5.76 Å². The van der Waals surface area contributed by atoms with Gasteiger partial charge >= 0.3 is 5.97 Å². The van der Waals surface area contributed by atoms with Crippen molar-refractivity contribution in [1.82, 2.24) is 4.98 Å². The molecule has 1 aromatic heterocycles. The zero-order chi connectivity index (χ0) is 22.5. The lowest BCUT2D eigenvalue weighted by Crippen LogP contribution is -2.06. The van der Waals surface area contributed by atoms with E-state index in [1.807, 2.05) is 109 Å². The zero-order valence-electron chi connectivity index (χ0n) is 17.9. The van der Waals surface area contributed by atoms with E-state index in [0.717, 1.165) is 27.6 Å². The molecule has 5 rings (SSSR count). The summed E-state index contributed by atoms with van der Waals surface area (Å²) in [6, 6.07) is 38.9. The van der Waals surface area contributed by atoms with Gasteiger partial charge in [-0.3, -0.25) is 0 Å². The first-order valence-corrected chi connectivity index (χ1v) is 10.8. The predicted molar refractivity (Wildman–Crippen MR) is 133 cm³/mol. The minimum atomic E-state index is -0.422. The maximum atomic E-state index is 12.9. The van der Waals surface area contributed by atoms with Crippen LogP contribution in [-0.2, 0) is 4.74 Å². The third-order valence-electron chi connectivity index (χ3n) is 5.35. The molecule has 0 aliphatic carbocycles. The Morgan fingerprint density at radius 2 is 1.30 bits per heavy atom. The molecule has 0 radical (unpaired) electrons. The van der Waals surface area contributed by atoms with Gasteiger partial charge in [-0.05, 0) is 35.2 Å². The number of hydrogen-bond donors (Lipinski definition) is 0. The molecule has 33 heavy (non-hydrogen) atoms. The molecule has 3 nitrogen and oxygen atoms in total. The van der Waals surface area contributed by atoms with E-state index in [1.165, 1.54) is 0 Å². The molecule has 4 aromatic carbocycles. The van der Waals surface area contributed by atoms with Gasteiger partial charge in [-0.1, -0.05) is 103 Å². The number of carbonyl (C=O) groups excluding carboxylic acids is 1. The highest BCUT2D eigenvalue weighted by Crippen LogP contribution is 2.31. The second-order valence-electron chi connectivity index (χ2n) is 7.62. The number of ether oxygens (including phenoxy) is 1. The largest absolute Gasteiger partial charge is 0.421 e. The Hall–Kier alpha value is -4.50. The van der Waals surface area contributed by atoms with Gasteiger partial charge in [0.1, 0.15) is 5.69 Å². The Kier molecular flexibility index (Phi) is 5.77. The summed E-state index contributed by atoms with van der Waals surface area (Å²) in [4.78, 5) is 17.9. The number of pyridine rings is 1. The van der Waals surface area contributed by atoms with Crippen molar-refractivity contribution < 1.29 is 9.53 Å². The SMILES string of the molecule is O=C(O/C(=C\c1ccccc1)c1cc2ccccc2c(-c2ccccc2)n1)c1ccccc1. The molecule has 0 aliphatic heterocycles. The van der Waals surface area contributed by atoms with Gasteiger partial charge in [-0.15, -0.1) is 0 Å². The van der Waals surface area contributed by atoms with Crippen LogP contribution in [0.5, 0.6) is 0 Å². The third kappa shape index (κ3) is 4.58. The van der Waals surface area contributed by atoms with Crippen molar-refractivity contribution in [3.8, 4) is 11.3 Å². The van der Waals surface area contributed by atoms with Crippen LogP contribution in [0.15, 0.2) is 121 Å². The average molecular weight is 428 g/mol. The molecule has 0 amide bonds. The van der Waals surface area contributed by atoms with Crippen LogP contribution in [-0.4, -0.2) is 11.0 Å². The number of esters is 1. The van der Waals surface area contributed by atoms with Gasteiger partial charge in [0.25, 0.3) is 0 Å². The lowest BCUT2D eigenvalue weighted by atomic mass is 10.0. The summed E-state index contributed by atoms with van der Waals surface area (Å²) >= 11 is 0. The number of hydrogen-bond acceptors (Lipinski definition) is 3. The molecule has 0 saturated carbocycles. The quantitative estimate of drug-likeness (QED) is 0.219. The molecule has 0 fully saturated rings. The molecule has 158 valence electrons. The van der Waals surface area contributed by atoms with Crippen molar-refractivity contribution in [3.05, 3.63) is 138 Å². The summed E-state index contributed by atoms with van der Waals surface area (Å²) in [5, 5.41) is 2.07. The summed E-state index contributed by atoms with van der Waals surface area (Å²) in [6.45, 7) is 0. The van der Waals surface area contributed by atoms with E-state index < -0.39 is 5.97 Å². The van der Waals surface area contributed by atoms with Crippen molar-refractivity contribution in [2.45, 2.75) is 0 Å². The van der Waals surface area contributed by atoms with Crippen molar-refractivity contribution in [2.75, 3.05) is 0 Å². The molecule has 1 heterocycles. The Morgan fingerprint density at radius 3 is 2.03 bits per heavy atom. The molecule has 5 aromatic rings. The standard InChI is InChI=1S/C30H21NO2/c32-30(24-16-8-3-9-17-24)33-28(20-22-12-4-1-5-13-22)27-21-25-18-10-11-19-26(25)29(31-27)23-14-6-2-7-15-23/h1-21H/b28-20-. The first-order chi connectivity index (χ1) is 16.3. The number of aromatic nitrogens is 1. The van der Waals surface area contributed by atoms with Crippen LogP contribution in [0.3, 0.4) is 0 Å². The van der Waals surface area contributed by atoms with E-state index in [2.05, 4.69) is 6.07 Å². The molecule has 3 heteroatoms. The van der Waals surface area contributed by atoms with E-state index in [9.17, 15) is 4.79 Å². The Labute approximate surface area is 192 Å². The van der Waals surface area contributed by atoms with E-state index in [4.69, 9.17) is 9.72 Å². The first-order valence-electron chi connectivity index (χ1n) is 10.8. The maximum absolute atomic E-state index is 12.9. The van der Waals surface area contributed by atoms with Crippen LogP contribution < -0.4 is 0 Å². The van der Waals surface area contributed by atoms with Gasteiger partial charge in [0.05, 0.1) is 11.3 Å². The van der Waals surface area contributed by atoms with Gasteiger partial charge in [0.2, 0.25) is 0 Å². The Bertz CT molecular complexity index is 1430. The lowest BCUT2D eigenvalue weighted by molar-refractivity contribution is 0.0693. The summed E-state index contributed by atoms with van der Waals surface area (Å²) < 4.78 is 5.93. The summed E-state index contributed by atoms with van der Waals surface area (Å²) in [6.07, 6.45) is 1.85. The molecule has 0 unspecified atom stereocenters. The topological polar surface area (TPSA) is 39.2 Å². The fraction of sp³-hybridized carbons (Fsp3) is 0. The molecular formula is C30H21NO2. The molecule has 0 aliphatic rings. The first kappa shape index (κ1) is 20.4. The molecule has 0 bridgehead atoms. The second-order valence-corrected chi connectivity index (χ2v) is 7.62. The second kappa shape index (κ2) is 9.33. The van der Waals surface area contributed by atoms with Crippen LogP contribution in [0.4, 0.5) is 0 Å². The number of benzene rings is 4. The summed E-state index contributed by atoms with van der Waals surface area (Å²) in [5.74, 6) is -0.0213. The smallest absolute Gasteiger partial charge is 0.343 e. The van der Waals surface area contributed by atoms with Gasteiger partial charge < -0.3 is 4.74 Å². The zero-order valence-corrected chi connectivity index (χ0v) is 17.9. The Morgan fingerprint density at radius 1 is 0.697 bits per heavy atom. The number of carbonyl (C=O) groups is 1. The van der Waals surface area contributed by atoms with Gasteiger partial charge in [0, 0.05) is 10.9 Å². The molecule has 0 spiro atoms. The van der Waals surface area contributed by atoms with Crippen molar-refractivity contribution in [3.63, 3.8) is 0 Å². The Balaban J connectivity index is 1.67. The van der Waals surface area contributed by atoms with Crippen LogP contribution in [0.25, 0.3) is 33.9 Å². The maximum Gasteiger partial charge on any atom is 0.343 e. The van der Waals surface area contributed by atoms with Crippen molar-refractivity contribution in [1.29, 1.82) is 0 Å². The molecule has 0 saturated heterocycles. The van der Waals surface area contributed by atoms with E-state index in [-0.39, 0.29) is 0 Å². The van der Waals surface area contributed by atoms with Gasteiger partial charge in [-0.25, -0.2) is 9.78 Å². The van der Waals surface area contributed by atoms with E-state index >= 15 is 0 Å². The van der Waals surface area contributed by atoms with Crippen LogP contribution in [0.2, 0.25) is 0 Å². The average Bonchev–Trinajstić information content (AvgIpc) is 2.89. The normalized spacial score (nSPS) is 11.3. The number of nitrogens with zero attached hydrogens (tertiary/aromatic N) is 1. The van der Waals surface area contributed by atoms with Crippen LogP contribution in [0, 0.1) is 0 Å². The van der Waals surface area contributed by atoms with E-state index in [0.29, 0.717) is 17.0 Å². The minimum Gasteiger partial charge on any atom is -0.421 e. The number of fused-ring (bicyclic) bond motifs is 1. The highest BCUT2D eigenvalue weighted by Gasteiger charge is 2.16. The summed E-state index contributed by atoms with van der Waals surface area (Å²) in [7, 11) is 0. The predicted octanol–water partition coefficient (Wildman–Crippen LogP) is 7.26. The monoisotopic (exact) mass is 427 g/mol. The molecular weight excluding hydrogens is 406 g/mol. The summed E-state index contributed by atoms with van der Waals surface area (Å²) in [5.41, 5.74) is 3.85. The number of rotatable bonds is 5. The molecule has 0 N–H and O–H groups in total. The van der Waals surface area contributed by atoms with Crippen molar-refractivity contribution in [2.24, 2.45) is 0 Å². The third-order valence-corrected chi connectivity index (χ3v) is 5.35. The fourth-order valence-corrected chi connectivity index (χ4v) is 3.73. The highest BCUT2D eigenvalue weighted by atomic mass is 16.5. The van der Waals surface area contributed by atoms with Crippen LogP contribution in [0.1, 0.15) is 21.6 Å². The minimum absolute atomic E-state index is 0.401. The fourth-order valence-electron chi connectivity index (χ4n) is 3.73. The van der Waals surface area contributed by atoms with Gasteiger partial charge in [-0.2, -0.15) is 0 Å². The van der Waals surface area contributed by atoms with Crippen LogP contribution >= 0.6 is 0 Å². The van der Waals surface area contributed by atoms with Crippen molar-refractivity contribution >= 4 is 28.6 Å².